The van der Waals surface area contributed by atoms with Gasteiger partial charge in [-0.2, -0.15) is 0 Å². The predicted octanol–water partition coefficient (Wildman–Crippen LogP) is 1.22. The quantitative estimate of drug-likeness (QED) is 0.568. The van der Waals surface area contributed by atoms with E-state index in [4.69, 9.17) is 23.7 Å². The molecule has 0 N–H and O–H groups in total. The smallest absolute Gasteiger partial charge is 0.338 e. The Morgan fingerprint density at radius 1 is 1.04 bits per heavy atom. The molecule has 2 aliphatic heterocycles. The zero-order valence-electron chi connectivity index (χ0n) is 14.5. The molecule has 2 heterocycles. The molecule has 3 rings (SSSR count). The second-order valence-corrected chi connectivity index (χ2v) is 6.15. The molecule has 5 atom stereocenters. The van der Waals surface area contributed by atoms with Crippen molar-refractivity contribution >= 4 is 17.9 Å². The van der Waals surface area contributed by atoms with E-state index in [1.165, 1.54) is 13.8 Å². The first-order valence-corrected chi connectivity index (χ1v) is 8.31. The Balaban J connectivity index is 1.56. The molecule has 0 aromatic heterocycles. The molecule has 140 valence electrons. The fourth-order valence-electron chi connectivity index (χ4n) is 3.09. The van der Waals surface area contributed by atoms with Crippen molar-refractivity contribution in [3.63, 3.8) is 0 Å². The number of hydrogen-bond acceptors (Lipinski definition) is 8. The lowest BCUT2D eigenvalue weighted by Crippen LogP contribution is -2.39. The summed E-state index contributed by atoms with van der Waals surface area (Å²) in [5.74, 6) is -1.51. The summed E-state index contributed by atoms with van der Waals surface area (Å²) in [7, 11) is 0. The van der Waals surface area contributed by atoms with Crippen LogP contribution in [-0.4, -0.2) is 55.2 Å². The largest absolute Gasteiger partial charge is 0.459 e. The molecule has 2 fully saturated rings. The van der Waals surface area contributed by atoms with Crippen LogP contribution in [0.25, 0.3) is 0 Å². The van der Waals surface area contributed by atoms with Crippen molar-refractivity contribution in [3.05, 3.63) is 35.9 Å². The number of esters is 3. The lowest BCUT2D eigenvalue weighted by atomic mass is 10.1. The summed E-state index contributed by atoms with van der Waals surface area (Å²) in [6.45, 7) is 2.55. The third-order valence-corrected chi connectivity index (χ3v) is 4.11. The molecule has 0 bridgehead atoms. The minimum absolute atomic E-state index is 0.0507. The molecule has 0 radical (unpaired) electrons. The molecule has 1 aromatic carbocycles. The molecule has 26 heavy (non-hydrogen) atoms. The van der Waals surface area contributed by atoms with E-state index in [2.05, 4.69) is 0 Å². The summed E-state index contributed by atoms with van der Waals surface area (Å²) in [6, 6.07) is 8.63. The zero-order valence-corrected chi connectivity index (χ0v) is 14.5. The Hall–Kier alpha value is -2.45. The van der Waals surface area contributed by atoms with Gasteiger partial charge in [-0.05, 0) is 12.1 Å². The maximum absolute atomic E-state index is 12.0. The highest BCUT2D eigenvalue weighted by Crippen LogP contribution is 2.36. The van der Waals surface area contributed by atoms with Crippen molar-refractivity contribution < 1.29 is 38.1 Å². The van der Waals surface area contributed by atoms with E-state index in [0.717, 1.165) is 0 Å². The van der Waals surface area contributed by atoms with Crippen LogP contribution in [-0.2, 0) is 33.3 Å². The van der Waals surface area contributed by atoms with Crippen molar-refractivity contribution in [2.75, 3.05) is 6.61 Å². The van der Waals surface area contributed by atoms with Crippen molar-refractivity contribution in [3.8, 4) is 0 Å². The van der Waals surface area contributed by atoms with Gasteiger partial charge in [0, 0.05) is 20.3 Å². The monoisotopic (exact) mass is 364 g/mol. The van der Waals surface area contributed by atoms with Crippen LogP contribution >= 0.6 is 0 Å². The third kappa shape index (κ3) is 4.20. The Kier molecular flexibility index (Phi) is 5.53. The predicted molar refractivity (Wildman–Crippen MR) is 86.0 cm³/mol. The van der Waals surface area contributed by atoms with Gasteiger partial charge in [-0.1, -0.05) is 18.2 Å². The Morgan fingerprint density at radius 3 is 2.38 bits per heavy atom. The molecule has 8 nitrogen and oxygen atoms in total. The number of benzene rings is 1. The molecular formula is C18H20O8. The molecule has 2 aliphatic rings. The first kappa shape index (κ1) is 18.3. The standard InChI is InChI=1S/C18H20O8/c1-10(19)23-16-15-14(26-18(16)24-11(2)20)8-13(25-15)9-22-17(21)12-6-4-3-5-7-12/h3-7,13-16,18H,8-9H2,1-2H3/t13-,14-,15+,16-,18?/m0/s1. The van der Waals surface area contributed by atoms with Crippen LogP contribution in [0, 0.1) is 0 Å². The van der Waals surface area contributed by atoms with Crippen LogP contribution < -0.4 is 0 Å². The minimum atomic E-state index is -1.00. The second-order valence-electron chi connectivity index (χ2n) is 6.15. The number of carbonyl (C=O) groups excluding carboxylic acids is 3. The molecule has 1 unspecified atom stereocenters. The summed E-state index contributed by atoms with van der Waals surface area (Å²) in [5, 5.41) is 0. The normalized spacial score (nSPS) is 29.7. The van der Waals surface area contributed by atoms with E-state index in [-0.39, 0.29) is 6.61 Å². The second kappa shape index (κ2) is 7.84. The molecule has 2 saturated heterocycles. The van der Waals surface area contributed by atoms with Crippen molar-refractivity contribution in [1.29, 1.82) is 0 Å². The summed E-state index contributed by atoms with van der Waals surface area (Å²) >= 11 is 0. The Labute approximate surface area is 150 Å². The van der Waals surface area contributed by atoms with E-state index in [0.29, 0.717) is 12.0 Å². The first-order chi connectivity index (χ1) is 12.4. The number of rotatable bonds is 5. The zero-order chi connectivity index (χ0) is 18.7. The molecule has 1 aromatic rings. The van der Waals surface area contributed by atoms with E-state index in [1.807, 2.05) is 6.07 Å². The van der Waals surface area contributed by atoms with Crippen molar-refractivity contribution in [2.45, 2.75) is 51.0 Å². The lowest BCUT2D eigenvalue weighted by Gasteiger charge is -2.22. The van der Waals surface area contributed by atoms with Crippen molar-refractivity contribution in [2.24, 2.45) is 0 Å². The SMILES string of the molecule is CC(=O)OC1O[C@H]2C[C@@H](COC(=O)c3ccccc3)O[C@H]2[C@@H]1OC(C)=O. The molecule has 0 amide bonds. The highest BCUT2D eigenvalue weighted by atomic mass is 16.7. The third-order valence-electron chi connectivity index (χ3n) is 4.11. The van der Waals surface area contributed by atoms with Gasteiger partial charge in [-0.15, -0.1) is 0 Å². The van der Waals surface area contributed by atoms with Gasteiger partial charge in [0.2, 0.25) is 6.29 Å². The molecular weight excluding hydrogens is 344 g/mol. The maximum Gasteiger partial charge on any atom is 0.338 e. The topological polar surface area (TPSA) is 97.4 Å². The van der Waals surface area contributed by atoms with Gasteiger partial charge in [-0.3, -0.25) is 9.59 Å². The average molecular weight is 364 g/mol. The average Bonchev–Trinajstić information content (AvgIpc) is 3.12. The number of ether oxygens (including phenoxy) is 5. The maximum atomic E-state index is 12.0. The van der Waals surface area contributed by atoms with Crippen LogP contribution in [0.1, 0.15) is 30.6 Å². The van der Waals surface area contributed by atoms with Gasteiger partial charge < -0.3 is 23.7 Å². The highest BCUT2D eigenvalue weighted by molar-refractivity contribution is 5.89. The molecule has 0 saturated carbocycles. The Bertz CT molecular complexity index is 673. The summed E-state index contributed by atoms with van der Waals surface area (Å²) in [4.78, 5) is 34.5. The van der Waals surface area contributed by atoms with E-state index in [9.17, 15) is 14.4 Å². The first-order valence-electron chi connectivity index (χ1n) is 8.31. The molecule has 0 spiro atoms. The van der Waals surface area contributed by atoms with Crippen molar-refractivity contribution in [1.82, 2.24) is 0 Å². The summed E-state index contributed by atoms with van der Waals surface area (Å²) in [6.07, 6.45) is -2.81. The summed E-state index contributed by atoms with van der Waals surface area (Å²) in [5.41, 5.74) is 0.453. The number of fused-ring (bicyclic) bond motifs is 1. The lowest BCUT2D eigenvalue weighted by molar-refractivity contribution is -0.199. The van der Waals surface area contributed by atoms with Crippen LogP contribution in [0.15, 0.2) is 30.3 Å². The number of carbonyl (C=O) groups is 3. The van der Waals surface area contributed by atoms with Gasteiger partial charge in [0.1, 0.15) is 12.7 Å². The van der Waals surface area contributed by atoms with Crippen LogP contribution in [0.2, 0.25) is 0 Å². The van der Waals surface area contributed by atoms with E-state index >= 15 is 0 Å². The van der Waals surface area contributed by atoms with Gasteiger partial charge in [0.05, 0.1) is 17.8 Å². The molecule has 8 heteroatoms. The molecule has 0 aliphatic carbocycles. The van der Waals surface area contributed by atoms with E-state index < -0.39 is 48.6 Å². The van der Waals surface area contributed by atoms with Crippen LogP contribution in [0.5, 0.6) is 0 Å². The van der Waals surface area contributed by atoms with Gasteiger partial charge in [-0.25, -0.2) is 4.79 Å². The Morgan fingerprint density at radius 2 is 1.73 bits per heavy atom. The van der Waals surface area contributed by atoms with Gasteiger partial charge in [0.15, 0.2) is 6.10 Å². The summed E-state index contributed by atoms with van der Waals surface area (Å²) < 4.78 is 27.0. The highest BCUT2D eigenvalue weighted by Gasteiger charge is 2.54. The van der Waals surface area contributed by atoms with Crippen LogP contribution in [0.3, 0.4) is 0 Å². The minimum Gasteiger partial charge on any atom is -0.459 e. The fourth-order valence-corrected chi connectivity index (χ4v) is 3.09. The number of hydrogen-bond donors (Lipinski definition) is 0. The van der Waals surface area contributed by atoms with Gasteiger partial charge in [0.25, 0.3) is 0 Å². The van der Waals surface area contributed by atoms with Crippen LogP contribution in [0.4, 0.5) is 0 Å². The fraction of sp³-hybridized carbons (Fsp3) is 0.500. The van der Waals surface area contributed by atoms with Gasteiger partial charge >= 0.3 is 17.9 Å². The van der Waals surface area contributed by atoms with E-state index in [1.54, 1.807) is 24.3 Å².